The molecule has 0 radical (unpaired) electrons. The molecule has 33 heavy (non-hydrogen) atoms. The second kappa shape index (κ2) is 7.76. The molecule has 1 N–H and O–H groups in total. The number of hydrogen-bond donors (Lipinski definition) is 1. The quantitative estimate of drug-likeness (QED) is 0.507. The Morgan fingerprint density at radius 2 is 1.88 bits per heavy atom. The van der Waals surface area contributed by atoms with Crippen molar-refractivity contribution in [2.75, 3.05) is 0 Å². The third-order valence-electron chi connectivity index (χ3n) is 5.49. The van der Waals surface area contributed by atoms with E-state index in [9.17, 15) is 32.7 Å². The van der Waals surface area contributed by atoms with E-state index >= 15 is 0 Å². The van der Waals surface area contributed by atoms with Crippen LogP contribution >= 0.6 is 0 Å². The van der Waals surface area contributed by atoms with Gasteiger partial charge in [0.25, 0.3) is 5.56 Å². The highest BCUT2D eigenvalue weighted by atomic mass is 19.4. The highest BCUT2D eigenvalue weighted by molar-refractivity contribution is 5.87. The first kappa shape index (κ1) is 22.1. The largest absolute Gasteiger partial charge is 0.477 e. The lowest BCUT2D eigenvalue weighted by atomic mass is 10.0. The molecule has 0 bridgehead atoms. The number of rotatable bonds is 4. The molecule has 0 amide bonds. The average molecular weight is 458 g/mol. The van der Waals surface area contributed by atoms with Gasteiger partial charge in [-0.1, -0.05) is 12.1 Å². The minimum Gasteiger partial charge on any atom is -0.477 e. The number of nitrogens with zero attached hydrogens (tertiary/aromatic N) is 4. The molecule has 0 saturated heterocycles. The van der Waals surface area contributed by atoms with Gasteiger partial charge in [-0.2, -0.15) is 18.3 Å². The van der Waals surface area contributed by atoms with Crippen LogP contribution in [0.3, 0.4) is 0 Å². The number of aryl methyl sites for hydroxylation is 1. The second-order valence-electron chi connectivity index (χ2n) is 7.49. The van der Waals surface area contributed by atoms with Crippen LogP contribution in [0.1, 0.15) is 27.0 Å². The van der Waals surface area contributed by atoms with Crippen LogP contribution in [0.4, 0.5) is 13.2 Å². The van der Waals surface area contributed by atoms with Crippen molar-refractivity contribution < 1.29 is 23.1 Å². The molecule has 4 rings (SSSR count). The summed E-state index contributed by atoms with van der Waals surface area (Å²) in [6, 6.07) is 8.26. The fourth-order valence-electron chi connectivity index (χ4n) is 3.71. The third kappa shape index (κ3) is 3.81. The van der Waals surface area contributed by atoms with Crippen LogP contribution < -0.4 is 11.2 Å². The van der Waals surface area contributed by atoms with E-state index in [1.807, 2.05) is 0 Å². The number of carboxylic acid groups (broad SMARTS) is 1. The van der Waals surface area contributed by atoms with E-state index in [4.69, 9.17) is 0 Å². The zero-order valence-corrected chi connectivity index (χ0v) is 17.4. The molecule has 0 atom stereocenters. The highest BCUT2D eigenvalue weighted by Gasteiger charge is 2.33. The van der Waals surface area contributed by atoms with Crippen molar-refractivity contribution >= 4 is 16.9 Å². The summed E-state index contributed by atoms with van der Waals surface area (Å²) in [6.07, 6.45) is -2.14. The van der Waals surface area contributed by atoms with Gasteiger partial charge in [0, 0.05) is 18.6 Å². The number of fused-ring (bicyclic) bond motifs is 1. The SMILES string of the molecule is Cc1c(Cn2c(=O)c(C(=O)O)cn(-c3ccc4c(cnn4C)c3)c2=O)cccc1C(F)(F)F. The number of benzene rings is 2. The first-order valence-corrected chi connectivity index (χ1v) is 9.66. The Morgan fingerprint density at radius 1 is 1.15 bits per heavy atom. The summed E-state index contributed by atoms with van der Waals surface area (Å²) in [4.78, 5) is 37.7. The van der Waals surface area contributed by atoms with Gasteiger partial charge in [-0.05, 0) is 42.3 Å². The number of aromatic carboxylic acids is 1. The van der Waals surface area contributed by atoms with Gasteiger partial charge in [0.05, 0.1) is 29.5 Å². The van der Waals surface area contributed by atoms with Gasteiger partial charge in [0.1, 0.15) is 5.56 Å². The van der Waals surface area contributed by atoms with Crippen LogP contribution in [-0.2, 0) is 19.8 Å². The van der Waals surface area contributed by atoms with E-state index in [1.54, 1.807) is 36.1 Å². The number of carboxylic acids is 1. The lowest BCUT2D eigenvalue weighted by Crippen LogP contribution is -2.42. The van der Waals surface area contributed by atoms with Gasteiger partial charge in [0.2, 0.25) is 0 Å². The Morgan fingerprint density at radius 3 is 2.55 bits per heavy atom. The zero-order valence-electron chi connectivity index (χ0n) is 17.4. The predicted octanol–water partition coefficient (Wildman–Crippen LogP) is 2.96. The topological polar surface area (TPSA) is 99.1 Å². The maximum atomic E-state index is 13.3. The fraction of sp³-hybridized carbons (Fsp3) is 0.182. The molecule has 0 spiro atoms. The molecule has 2 heterocycles. The van der Waals surface area contributed by atoms with Crippen molar-refractivity contribution in [3.05, 3.63) is 91.9 Å². The maximum absolute atomic E-state index is 13.3. The van der Waals surface area contributed by atoms with E-state index < -0.39 is 41.1 Å². The second-order valence-corrected chi connectivity index (χ2v) is 7.49. The van der Waals surface area contributed by atoms with Gasteiger partial charge >= 0.3 is 17.8 Å². The third-order valence-corrected chi connectivity index (χ3v) is 5.49. The molecule has 2 aromatic heterocycles. The lowest BCUT2D eigenvalue weighted by molar-refractivity contribution is -0.138. The van der Waals surface area contributed by atoms with Crippen LogP contribution in [0.2, 0.25) is 0 Å². The van der Waals surface area contributed by atoms with E-state index in [-0.39, 0.29) is 16.8 Å². The van der Waals surface area contributed by atoms with Crippen molar-refractivity contribution in [1.29, 1.82) is 0 Å². The summed E-state index contributed by atoms with van der Waals surface area (Å²) >= 11 is 0. The summed E-state index contributed by atoms with van der Waals surface area (Å²) in [6.45, 7) is 0.711. The standard InChI is InChI=1S/C22H17F3N4O4/c1-12-13(4-3-5-17(12)22(23,24)25)10-29-19(30)16(20(31)32)11-28(21(29)33)15-6-7-18-14(8-15)9-26-27(18)2/h3-9,11H,10H2,1-2H3,(H,31,32). The summed E-state index contributed by atoms with van der Waals surface area (Å²) < 4.78 is 43.1. The normalized spacial score (nSPS) is 11.8. The molecule has 0 aliphatic rings. The Bertz CT molecular complexity index is 1530. The van der Waals surface area contributed by atoms with Gasteiger partial charge in [-0.25, -0.2) is 9.59 Å². The molecule has 0 saturated carbocycles. The van der Waals surface area contributed by atoms with Gasteiger partial charge < -0.3 is 5.11 Å². The molecule has 2 aromatic carbocycles. The van der Waals surface area contributed by atoms with Crippen LogP contribution in [0, 0.1) is 6.92 Å². The molecule has 0 aliphatic carbocycles. The molecule has 170 valence electrons. The van der Waals surface area contributed by atoms with Gasteiger partial charge in [0.15, 0.2) is 0 Å². The van der Waals surface area contributed by atoms with Gasteiger partial charge in [-0.15, -0.1) is 0 Å². The molecular formula is C22H17F3N4O4. The Kier molecular flexibility index (Phi) is 5.19. The number of hydrogen-bond acceptors (Lipinski definition) is 4. The fourth-order valence-corrected chi connectivity index (χ4v) is 3.71. The molecule has 0 fully saturated rings. The first-order valence-electron chi connectivity index (χ1n) is 9.66. The maximum Gasteiger partial charge on any atom is 0.416 e. The summed E-state index contributed by atoms with van der Waals surface area (Å²) in [5.41, 5.74) is -2.62. The molecular weight excluding hydrogens is 441 g/mol. The highest BCUT2D eigenvalue weighted by Crippen LogP contribution is 2.33. The van der Waals surface area contributed by atoms with E-state index in [2.05, 4.69) is 5.10 Å². The monoisotopic (exact) mass is 458 g/mol. The van der Waals surface area contributed by atoms with Crippen LogP contribution in [0.15, 0.2) is 58.4 Å². The van der Waals surface area contributed by atoms with Crippen molar-refractivity contribution in [3.8, 4) is 5.69 Å². The number of aromatic nitrogens is 4. The van der Waals surface area contributed by atoms with Crippen molar-refractivity contribution in [3.63, 3.8) is 0 Å². The molecule has 11 heteroatoms. The minimum atomic E-state index is -4.62. The predicted molar refractivity (Wildman–Crippen MR) is 113 cm³/mol. The Hall–Kier alpha value is -4.15. The summed E-state index contributed by atoms with van der Waals surface area (Å²) in [5, 5.41) is 14.3. The molecule has 0 unspecified atom stereocenters. The Labute approximate surface area is 183 Å². The lowest BCUT2D eigenvalue weighted by Gasteiger charge is -2.16. The Balaban J connectivity index is 1.92. The van der Waals surface area contributed by atoms with Crippen molar-refractivity contribution in [2.24, 2.45) is 7.05 Å². The van der Waals surface area contributed by atoms with Crippen LogP contribution in [0.25, 0.3) is 16.6 Å². The van der Waals surface area contributed by atoms with E-state index in [0.29, 0.717) is 9.95 Å². The molecule has 4 aromatic rings. The van der Waals surface area contributed by atoms with Crippen LogP contribution in [0.5, 0.6) is 0 Å². The number of halogens is 3. The number of carbonyl (C=O) groups is 1. The average Bonchev–Trinajstić information content (AvgIpc) is 3.11. The number of alkyl halides is 3. The van der Waals surface area contributed by atoms with Gasteiger partial charge in [-0.3, -0.25) is 18.6 Å². The summed E-state index contributed by atoms with van der Waals surface area (Å²) in [5.74, 6) is -1.56. The van der Waals surface area contributed by atoms with Crippen LogP contribution in [-0.4, -0.2) is 30.0 Å². The molecule has 8 nitrogen and oxygen atoms in total. The van der Waals surface area contributed by atoms with E-state index in [0.717, 1.165) is 22.3 Å². The minimum absolute atomic E-state index is 0.0702. The summed E-state index contributed by atoms with van der Waals surface area (Å²) in [7, 11) is 1.73. The van der Waals surface area contributed by atoms with E-state index in [1.165, 1.54) is 19.1 Å². The molecule has 0 aliphatic heterocycles. The smallest absolute Gasteiger partial charge is 0.416 e. The van der Waals surface area contributed by atoms with Crippen molar-refractivity contribution in [1.82, 2.24) is 18.9 Å². The first-order chi connectivity index (χ1) is 15.5. The zero-order chi connectivity index (χ0) is 24.1. The van der Waals surface area contributed by atoms with Crippen molar-refractivity contribution in [2.45, 2.75) is 19.6 Å².